The summed E-state index contributed by atoms with van der Waals surface area (Å²) in [4.78, 5) is 10.5. The second kappa shape index (κ2) is 12.8. The van der Waals surface area contributed by atoms with E-state index in [1.807, 2.05) is 40.9 Å². The Hall–Kier alpha value is -6.92. The SMILES string of the molecule is c1ccc(-c2nc(-c3cccc(-c4cccc5c4sc4ccccc45)c3)nc3c2oc2ccc(-c4ccc(-c5cccc6c5sc5ccccc56)cc4)cc23)cc1. The molecule has 0 unspecified atom stereocenters. The van der Waals surface area contributed by atoms with Crippen molar-refractivity contribution >= 4 is 85.1 Å². The van der Waals surface area contributed by atoms with E-state index in [1.54, 1.807) is 0 Å². The Morgan fingerprint density at radius 1 is 0.368 bits per heavy atom. The number of rotatable bonds is 5. The highest BCUT2D eigenvalue weighted by molar-refractivity contribution is 7.26. The zero-order valence-corrected chi connectivity index (χ0v) is 32.1. The number of hydrogen-bond acceptors (Lipinski definition) is 5. The van der Waals surface area contributed by atoms with Gasteiger partial charge in [0.1, 0.15) is 16.8 Å². The molecular formula is C52H30N2OS2. The van der Waals surface area contributed by atoms with Crippen molar-refractivity contribution in [3.05, 3.63) is 182 Å². The molecule has 0 aliphatic heterocycles. The van der Waals surface area contributed by atoms with E-state index in [0.29, 0.717) is 11.4 Å². The standard InChI is InChI=1S/C52H30N2OS2/c1-2-11-33(12-3-1)47-49-48(54-52(53-47)36-14-8-13-35(29-36)38-18-10-20-42-40-16-5-7-22-46(40)57-51(38)42)43-30-34(27-28-44(43)55-49)31-23-25-32(26-24-31)37-17-9-19-41-39-15-4-6-21-45(39)56-50(37)41/h1-30H. The van der Waals surface area contributed by atoms with E-state index in [0.717, 1.165) is 50.0 Å². The van der Waals surface area contributed by atoms with E-state index in [-0.39, 0.29) is 0 Å². The highest BCUT2D eigenvalue weighted by Crippen LogP contribution is 2.43. The zero-order chi connectivity index (χ0) is 37.5. The molecule has 266 valence electrons. The molecular weight excluding hydrogens is 733 g/mol. The van der Waals surface area contributed by atoms with Crippen molar-refractivity contribution in [3.63, 3.8) is 0 Å². The molecule has 0 bridgehead atoms. The van der Waals surface area contributed by atoms with Crippen molar-refractivity contribution in [1.29, 1.82) is 0 Å². The Labute approximate surface area is 335 Å². The first kappa shape index (κ1) is 32.3. The quantitative estimate of drug-likeness (QED) is 0.175. The maximum absolute atomic E-state index is 6.61. The van der Waals surface area contributed by atoms with Crippen LogP contribution >= 0.6 is 22.7 Å². The maximum atomic E-state index is 6.61. The predicted molar refractivity (Wildman–Crippen MR) is 242 cm³/mol. The number of hydrogen-bond donors (Lipinski definition) is 0. The number of furan rings is 1. The first-order chi connectivity index (χ1) is 28.2. The third-order valence-electron chi connectivity index (χ3n) is 11.1. The lowest BCUT2D eigenvalue weighted by molar-refractivity contribution is 0.667. The van der Waals surface area contributed by atoms with Gasteiger partial charge in [-0.15, -0.1) is 22.7 Å². The molecule has 4 aromatic heterocycles. The van der Waals surface area contributed by atoms with Crippen LogP contribution < -0.4 is 0 Å². The van der Waals surface area contributed by atoms with Gasteiger partial charge in [-0.1, -0.05) is 152 Å². The monoisotopic (exact) mass is 762 g/mol. The van der Waals surface area contributed by atoms with Crippen molar-refractivity contribution in [1.82, 2.24) is 9.97 Å². The number of fused-ring (bicyclic) bond motifs is 9. The van der Waals surface area contributed by atoms with Crippen LogP contribution in [0.15, 0.2) is 186 Å². The molecule has 0 radical (unpaired) electrons. The fraction of sp³-hybridized carbons (Fsp3) is 0. The van der Waals surface area contributed by atoms with Crippen LogP contribution in [0, 0.1) is 0 Å². The minimum Gasteiger partial charge on any atom is -0.452 e. The Morgan fingerprint density at radius 2 is 0.930 bits per heavy atom. The third-order valence-corrected chi connectivity index (χ3v) is 13.6. The van der Waals surface area contributed by atoms with Crippen molar-refractivity contribution in [2.24, 2.45) is 0 Å². The molecule has 57 heavy (non-hydrogen) atoms. The number of benzene rings is 8. The molecule has 3 nitrogen and oxygen atoms in total. The molecule has 8 aromatic carbocycles. The Bertz CT molecular complexity index is 3520. The Balaban J connectivity index is 0.980. The van der Waals surface area contributed by atoms with Gasteiger partial charge in [-0.05, 0) is 63.7 Å². The molecule has 0 saturated carbocycles. The van der Waals surface area contributed by atoms with E-state index in [2.05, 4.69) is 164 Å². The molecule has 0 N–H and O–H groups in total. The van der Waals surface area contributed by atoms with E-state index in [9.17, 15) is 0 Å². The first-order valence-corrected chi connectivity index (χ1v) is 20.7. The molecule has 0 saturated heterocycles. The lowest BCUT2D eigenvalue weighted by Crippen LogP contribution is -1.94. The molecule has 0 atom stereocenters. The second-order valence-corrected chi connectivity index (χ2v) is 16.6. The number of aromatic nitrogens is 2. The summed E-state index contributed by atoms with van der Waals surface area (Å²) in [6.45, 7) is 0. The van der Waals surface area contributed by atoms with Gasteiger partial charge in [0.05, 0.1) is 0 Å². The summed E-state index contributed by atoms with van der Waals surface area (Å²) in [6.07, 6.45) is 0. The van der Waals surface area contributed by atoms with Crippen LogP contribution in [0.1, 0.15) is 0 Å². The fourth-order valence-corrected chi connectivity index (χ4v) is 10.8. The van der Waals surface area contributed by atoms with Gasteiger partial charge >= 0.3 is 0 Å². The minimum atomic E-state index is 0.666. The topological polar surface area (TPSA) is 38.9 Å². The van der Waals surface area contributed by atoms with Crippen molar-refractivity contribution < 1.29 is 4.42 Å². The summed E-state index contributed by atoms with van der Waals surface area (Å²) in [5.74, 6) is 0.666. The van der Waals surface area contributed by atoms with Crippen LogP contribution in [0.3, 0.4) is 0 Å². The first-order valence-electron chi connectivity index (χ1n) is 19.1. The van der Waals surface area contributed by atoms with Gasteiger partial charge in [-0.2, -0.15) is 0 Å². The summed E-state index contributed by atoms with van der Waals surface area (Å²) >= 11 is 3.71. The second-order valence-electron chi connectivity index (χ2n) is 14.5. The number of nitrogens with zero attached hydrogens (tertiary/aromatic N) is 2. The van der Waals surface area contributed by atoms with Gasteiger partial charge < -0.3 is 4.42 Å². The Kier molecular flexibility index (Phi) is 7.27. The largest absolute Gasteiger partial charge is 0.452 e. The lowest BCUT2D eigenvalue weighted by atomic mass is 9.98. The van der Waals surface area contributed by atoms with Crippen molar-refractivity contribution in [2.45, 2.75) is 0 Å². The zero-order valence-electron chi connectivity index (χ0n) is 30.4. The average Bonchev–Trinajstić information content (AvgIpc) is 3.98. The van der Waals surface area contributed by atoms with Crippen LogP contribution in [0.2, 0.25) is 0 Å². The number of thiophene rings is 2. The molecule has 0 spiro atoms. The van der Waals surface area contributed by atoms with E-state index in [4.69, 9.17) is 14.4 Å². The van der Waals surface area contributed by atoms with E-state index < -0.39 is 0 Å². The van der Waals surface area contributed by atoms with Crippen LogP contribution in [-0.4, -0.2) is 9.97 Å². The maximum Gasteiger partial charge on any atom is 0.180 e. The predicted octanol–water partition coefficient (Wildman–Crippen LogP) is 15.4. The van der Waals surface area contributed by atoms with Crippen molar-refractivity contribution in [2.75, 3.05) is 0 Å². The third kappa shape index (κ3) is 5.24. The lowest BCUT2D eigenvalue weighted by Gasteiger charge is -2.09. The van der Waals surface area contributed by atoms with Gasteiger partial charge in [0, 0.05) is 56.9 Å². The normalized spacial score (nSPS) is 11.9. The summed E-state index contributed by atoms with van der Waals surface area (Å²) in [5, 5.41) is 6.17. The van der Waals surface area contributed by atoms with Gasteiger partial charge in [-0.3, -0.25) is 0 Å². The average molecular weight is 763 g/mol. The van der Waals surface area contributed by atoms with Crippen molar-refractivity contribution in [3.8, 4) is 56.0 Å². The molecule has 4 heterocycles. The smallest absolute Gasteiger partial charge is 0.180 e. The van der Waals surface area contributed by atoms with Crippen LogP contribution in [0.4, 0.5) is 0 Å². The fourth-order valence-electron chi connectivity index (χ4n) is 8.36. The van der Waals surface area contributed by atoms with E-state index >= 15 is 0 Å². The summed E-state index contributed by atoms with van der Waals surface area (Å²) in [5.41, 5.74) is 12.1. The summed E-state index contributed by atoms with van der Waals surface area (Å²) in [7, 11) is 0. The molecule has 0 fully saturated rings. The Morgan fingerprint density at radius 3 is 1.65 bits per heavy atom. The molecule has 0 aliphatic carbocycles. The van der Waals surface area contributed by atoms with Crippen LogP contribution in [0.25, 0.3) is 118 Å². The summed E-state index contributed by atoms with van der Waals surface area (Å²) in [6, 6.07) is 64.9. The van der Waals surface area contributed by atoms with E-state index in [1.165, 1.54) is 57.0 Å². The van der Waals surface area contributed by atoms with Crippen LogP contribution in [-0.2, 0) is 0 Å². The molecule has 12 rings (SSSR count). The molecule has 5 heteroatoms. The summed E-state index contributed by atoms with van der Waals surface area (Å²) < 4.78 is 11.8. The molecule has 0 aliphatic rings. The minimum absolute atomic E-state index is 0.666. The van der Waals surface area contributed by atoms with Gasteiger partial charge in [-0.25, -0.2) is 9.97 Å². The molecule has 12 aromatic rings. The van der Waals surface area contributed by atoms with Crippen LogP contribution in [0.5, 0.6) is 0 Å². The highest BCUT2D eigenvalue weighted by atomic mass is 32.1. The van der Waals surface area contributed by atoms with Gasteiger partial charge in [0.15, 0.2) is 11.4 Å². The molecule has 0 amide bonds. The van der Waals surface area contributed by atoms with Gasteiger partial charge in [0.25, 0.3) is 0 Å². The highest BCUT2D eigenvalue weighted by Gasteiger charge is 2.20. The van der Waals surface area contributed by atoms with Gasteiger partial charge in [0.2, 0.25) is 0 Å².